The van der Waals surface area contributed by atoms with E-state index in [1.165, 1.54) is 0 Å². The zero-order valence-electron chi connectivity index (χ0n) is 12.7. The standard InChI is InChI=1S/C16H24N2O2S/c1-3-6-12(7-4-2)16(19)18-13-8-5-9-14(10-13)20-11-15(17)21/h5,8-10,12H,3-4,6-7,11H2,1-2H3,(H2,17,21)(H,18,19). The first kappa shape index (κ1) is 17.4. The zero-order valence-corrected chi connectivity index (χ0v) is 13.5. The lowest BCUT2D eigenvalue weighted by molar-refractivity contribution is -0.120. The van der Waals surface area contributed by atoms with Crippen molar-refractivity contribution in [2.24, 2.45) is 11.7 Å². The molecular formula is C16H24N2O2S. The number of hydrogen-bond donors (Lipinski definition) is 2. The third-order valence-corrected chi connectivity index (χ3v) is 3.25. The molecule has 0 bridgehead atoms. The van der Waals surface area contributed by atoms with E-state index in [0.717, 1.165) is 31.4 Å². The highest BCUT2D eigenvalue weighted by Gasteiger charge is 2.16. The maximum absolute atomic E-state index is 12.3. The topological polar surface area (TPSA) is 64.3 Å². The molecule has 21 heavy (non-hydrogen) atoms. The number of carbonyl (C=O) groups excluding carboxylic acids is 1. The van der Waals surface area contributed by atoms with Crippen LogP contribution in [0.4, 0.5) is 5.69 Å². The molecule has 0 fully saturated rings. The zero-order chi connectivity index (χ0) is 15.7. The normalized spacial score (nSPS) is 10.4. The van der Waals surface area contributed by atoms with Crippen LogP contribution in [0.5, 0.6) is 5.75 Å². The van der Waals surface area contributed by atoms with Crippen molar-refractivity contribution in [2.45, 2.75) is 39.5 Å². The third-order valence-electron chi connectivity index (χ3n) is 3.13. The van der Waals surface area contributed by atoms with E-state index in [4.69, 9.17) is 22.7 Å². The summed E-state index contributed by atoms with van der Waals surface area (Å²) in [6.07, 6.45) is 3.85. The van der Waals surface area contributed by atoms with Crippen LogP contribution in [0.25, 0.3) is 0 Å². The van der Waals surface area contributed by atoms with Gasteiger partial charge in [0.25, 0.3) is 0 Å². The Balaban J connectivity index is 2.66. The number of amides is 1. The van der Waals surface area contributed by atoms with Crippen LogP contribution in [0.2, 0.25) is 0 Å². The predicted octanol–water partition coefficient (Wildman–Crippen LogP) is 3.51. The van der Waals surface area contributed by atoms with Gasteiger partial charge in [0.2, 0.25) is 5.91 Å². The molecule has 1 amide bonds. The lowest BCUT2D eigenvalue weighted by Gasteiger charge is -2.15. The average Bonchev–Trinajstić information content (AvgIpc) is 2.45. The molecule has 0 radical (unpaired) electrons. The molecule has 4 nitrogen and oxygen atoms in total. The second kappa shape index (κ2) is 9.34. The van der Waals surface area contributed by atoms with E-state index in [9.17, 15) is 4.79 Å². The molecule has 0 saturated heterocycles. The minimum atomic E-state index is 0.0706. The molecule has 1 rings (SSSR count). The minimum absolute atomic E-state index is 0.0706. The summed E-state index contributed by atoms with van der Waals surface area (Å²) in [7, 11) is 0. The monoisotopic (exact) mass is 308 g/mol. The maximum Gasteiger partial charge on any atom is 0.227 e. The van der Waals surface area contributed by atoms with Gasteiger partial charge >= 0.3 is 0 Å². The summed E-state index contributed by atoms with van der Waals surface area (Å²) in [4.78, 5) is 12.6. The summed E-state index contributed by atoms with van der Waals surface area (Å²) in [5.41, 5.74) is 6.14. The molecule has 0 heterocycles. The number of rotatable bonds is 9. The summed E-state index contributed by atoms with van der Waals surface area (Å²) in [5.74, 6) is 0.787. The fourth-order valence-electron chi connectivity index (χ4n) is 2.17. The molecular weight excluding hydrogens is 284 g/mol. The van der Waals surface area contributed by atoms with Gasteiger partial charge in [0.1, 0.15) is 17.3 Å². The van der Waals surface area contributed by atoms with Crippen LogP contribution < -0.4 is 15.8 Å². The van der Waals surface area contributed by atoms with E-state index >= 15 is 0 Å². The number of nitrogens with one attached hydrogen (secondary N) is 1. The van der Waals surface area contributed by atoms with Crippen molar-refractivity contribution in [3.05, 3.63) is 24.3 Å². The van der Waals surface area contributed by atoms with Gasteiger partial charge in [0.15, 0.2) is 0 Å². The Hall–Kier alpha value is -1.62. The van der Waals surface area contributed by atoms with Crippen molar-refractivity contribution in [3.8, 4) is 5.75 Å². The van der Waals surface area contributed by atoms with E-state index in [1.54, 1.807) is 6.07 Å². The van der Waals surface area contributed by atoms with Gasteiger partial charge in [-0.1, -0.05) is 45.0 Å². The Morgan fingerprint density at radius 1 is 1.33 bits per heavy atom. The molecule has 116 valence electrons. The van der Waals surface area contributed by atoms with E-state index in [2.05, 4.69) is 19.2 Å². The van der Waals surface area contributed by atoms with Gasteiger partial charge in [0, 0.05) is 17.7 Å². The van der Waals surface area contributed by atoms with Crippen molar-refractivity contribution < 1.29 is 9.53 Å². The summed E-state index contributed by atoms with van der Waals surface area (Å²) in [5, 5.41) is 2.96. The number of hydrogen-bond acceptors (Lipinski definition) is 3. The number of thiocarbonyl (C=S) groups is 1. The number of carbonyl (C=O) groups is 1. The van der Waals surface area contributed by atoms with E-state index in [1.807, 2.05) is 18.2 Å². The Bertz CT molecular complexity index is 471. The Kier molecular flexibility index (Phi) is 7.75. The molecule has 0 aliphatic rings. The number of nitrogens with two attached hydrogens (primary N) is 1. The van der Waals surface area contributed by atoms with Crippen LogP contribution in [0, 0.1) is 5.92 Å². The van der Waals surface area contributed by atoms with Gasteiger partial charge in [-0.15, -0.1) is 0 Å². The summed E-state index contributed by atoms with van der Waals surface area (Å²) < 4.78 is 5.43. The predicted molar refractivity (Wildman–Crippen MR) is 90.7 cm³/mol. The Morgan fingerprint density at radius 2 is 2.00 bits per heavy atom. The molecule has 1 aromatic rings. The molecule has 0 aliphatic heterocycles. The number of anilines is 1. The van der Waals surface area contributed by atoms with Crippen molar-refractivity contribution in [3.63, 3.8) is 0 Å². The van der Waals surface area contributed by atoms with Gasteiger partial charge in [-0.3, -0.25) is 4.79 Å². The third kappa shape index (κ3) is 6.58. The van der Waals surface area contributed by atoms with E-state index < -0.39 is 0 Å². The average molecular weight is 308 g/mol. The smallest absolute Gasteiger partial charge is 0.227 e. The summed E-state index contributed by atoms with van der Waals surface area (Å²) in [6.45, 7) is 4.39. The molecule has 1 aromatic carbocycles. The first-order valence-corrected chi connectivity index (χ1v) is 7.79. The van der Waals surface area contributed by atoms with Crippen LogP contribution in [-0.4, -0.2) is 17.5 Å². The molecule has 0 saturated carbocycles. The minimum Gasteiger partial charge on any atom is -0.486 e. The molecule has 0 aromatic heterocycles. The van der Waals surface area contributed by atoms with Gasteiger partial charge in [0.05, 0.1) is 0 Å². The van der Waals surface area contributed by atoms with Crippen molar-refractivity contribution >= 4 is 28.8 Å². The summed E-state index contributed by atoms with van der Waals surface area (Å²) in [6, 6.07) is 7.27. The van der Waals surface area contributed by atoms with Gasteiger partial charge in [-0.05, 0) is 25.0 Å². The lowest BCUT2D eigenvalue weighted by atomic mass is 9.97. The van der Waals surface area contributed by atoms with Crippen LogP contribution in [0.15, 0.2) is 24.3 Å². The van der Waals surface area contributed by atoms with Crippen LogP contribution in [0.1, 0.15) is 39.5 Å². The lowest BCUT2D eigenvalue weighted by Crippen LogP contribution is -2.22. The second-order valence-corrected chi connectivity index (χ2v) is 5.57. The second-order valence-electron chi connectivity index (χ2n) is 5.05. The first-order valence-electron chi connectivity index (χ1n) is 7.38. The maximum atomic E-state index is 12.3. The van der Waals surface area contributed by atoms with Crippen LogP contribution >= 0.6 is 12.2 Å². The first-order chi connectivity index (χ1) is 10.1. The molecule has 0 spiro atoms. The highest BCUT2D eigenvalue weighted by atomic mass is 32.1. The van der Waals surface area contributed by atoms with Crippen LogP contribution in [-0.2, 0) is 4.79 Å². The number of benzene rings is 1. The number of ether oxygens (including phenoxy) is 1. The molecule has 0 atom stereocenters. The van der Waals surface area contributed by atoms with E-state index in [0.29, 0.717) is 10.7 Å². The Morgan fingerprint density at radius 3 is 2.57 bits per heavy atom. The van der Waals surface area contributed by atoms with Gasteiger partial charge in [-0.2, -0.15) is 0 Å². The van der Waals surface area contributed by atoms with Crippen molar-refractivity contribution in [1.29, 1.82) is 0 Å². The molecule has 5 heteroatoms. The summed E-state index contributed by atoms with van der Waals surface area (Å²) >= 11 is 4.77. The van der Waals surface area contributed by atoms with Gasteiger partial charge in [-0.25, -0.2) is 0 Å². The quantitative estimate of drug-likeness (QED) is 0.685. The fourth-order valence-corrected chi connectivity index (χ4v) is 2.22. The van der Waals surface area contributed by atoms with Gasteiger partial charge < -0.3 is 15.8 Å². The molecule has 0 aliphatic carbocycles. The van der Waals surface area contributed by atoms with Crippen molar-refractivity contribution in [1.82, 2.24) is 0 Å². The largest absolute Gasteiger partial charge is 0.486 e. The highest BCUT2D eigenvalue weighted by molar-refractivity contribution is 7.80. The molecule has 0 unspecified atom stereocenters. The highest BCUT2D eigenvalue weighted by Crippen LogP contribution is 2.20. The van der Waals surface area contributed by atoms with Crippen LogP contribution in [0.3, 0.4) is 0 Å². The molecule has 3 N–H and O–H groups in total. The fraction of sp³-hybridized carbons (Fsp3) is 0.500. The SMILES string of the molecule is CCCC(CCC)C(=O)Nc1cccc(OCC(N)=S)c1. The van der Waals surface area contributed by atoms with Crippen molar-refractivity contribution in [2.75, 3.05) is 11.9 Å². The Labute approximate surface area is 132 Å². The van der Waals surface area contributed by atoms with E-state index in [-0.39, 0.29) is 18.4 Å².